The van der Waals surface area contributed by atoms with Crippen LogP contribution in [0.15, 0.2) is 21.9 Å². The summed E-state index contributed by atoms with van der Waals surface area (Å²) in [5, 5.41) is 8.99. The van der Waals surface area contributed by atoms with Gasteiger partial charge in [-0.25, -0.2) is 18.5 Å². The van der Waals surface area contributed by atoms with Gasteiger partial charge in [0.2, 0.25) is 0 Å². The summed E-state index contributed by atoms with van der Waals surface area (Å²) in [4.78, 5) is 60.6. The summed E-state index contributed by atoms with van der Waals surface area (Å²) < 4.78 is 51.6. The summed E-state index contributed by atoms with van der Waals surface area (Å²) in [6.45, 7) is 0.143. The Bertz CT molecular complexity index is 1050. The number of phosphoric acid groups is 3. The Hall–Kier alpha value is -0.700. The second-order valence-electron chi connectivity index (χ2n) is 6.09. The zero-order valence-electron chi connectivity index (χ0n) is 14.7. The fourth-order valence-corrected chi connectivity index (χ4v) is 5.93. The monoisotopic (exact) mass is 516 g/mol. The van der Waals surface area contributed by atoms with E-state index in [0.29, 0.717) is 0 Å². The number of nitrogens with zero attached hydrogens (tertiary/aromatic N) is 1. The van der Waals surface area contributed by atoms with Crippen molar-refractivity contribution < 1.29 is 56.3 Å². The van der Waals surface area contributed by atoms with Crippen LogP contribution >= 0.6 is 35.1 Å². The quantitative estimate of drug-likeness (QED) is 0.182. The number of hydrogen-bond donors (Lipinski definition) is 6. The van der Waals surface area contributed by atoms with E-state index in [2.05, 4.69) is 13.1 Å². The number of hydrogen-bond acceptors (Lipinski definition) is 10. The van der Waals surface area contributed by atoms with Crippen molar-refractivity contribution in [3.8, 4) is 0 Å². The van der Waals surface area contributed by atoms with E-state index in [-0.39, 0.29) is 0 Å². The van der Waals surface area contributed by atoms with Gasteiger partial charge in [0.15, 0.2) is 6.23 Å². The largest absolute Gasteiger partial charge is 0.490 e. The Kier molecular flexibility index (Phi) is 7.39. The van der Waals surface area contributed by atoms with Gasteiger partial charge >= 0.3 is 29.2 Å². The Morgan fingerprint density at radius 3 is 2.33 bits per heavy atom. The third-order valence-electron chi connectivity index (χ3n) is 3.65. The average molecular weight is 517 g/mol. The SMILES string of the molecule is C[C@]1(COP(=O)(O)OP(=O)(O)OP(=O)(O)O)O[C@@H](n2ccc(=O)[nH]c2=O)[C@H](Cl)[C@@H]1O. The maximum Gasteiger partial charge on any atom is 0.490 e. The van der Waals surface area contributed by atoms with Gasteiger partial charge in [-0.3, -0.25) is 18.9 Å². The second-order valence-corrected chi connectivity index (χ2v) is 11.0. The summed E-state index contributed by atoms with van der Waals surface area (Å²) in [7, 11) is -16.8. The first-order valence-corrected chi connectivity index (χ1v) is 12.5. The smallest absolute Gasteiger partial charge is 0.388 e. The Balaban J connectivity index is 2.15. The van der Waals surface area contributed by atoms with Crippen LogP contribution < -0.4 is 11.2 Å². The summed E-state index contributed by atoms with van der Waals surface area (Å²) in [6.07, 6.45) is -1.96. The van der Waals surface area contributed by atoms with Gasteiger partial charge in [-0.2, -0.15) is 8.62 Å². The Morgan fingerprint density at radius 2 is 1.80 bits per heavy atom. The standard InChI is InChI=1S/C10H16ClN2O14P3/c1-10(4-24-29(20,21)27-30(22,23)26-28(17,18)19)7(15)6(11)8(25-10)13-3-2-5(14)12-9(13)16/h2-3,6-8,15H,4H2,1H3,(H,20,21)(H,22,23)(H,12,14,16)(H2,17,18,19)/t6-,7+,8-,10-/m1/s1. The van der Waals surface area contributed by atoms with Gasteiger partial charge in [0.05, 0.1) is 6.61 Å². The molecule has 2 rings (SSSR count). The number of alkyl halides is 1. The predicted octanol–water partition coefficient (Wildman–Crippen LogP) is -0.864. The van der Waals surface area contributed by atoms with Crippen LogP contribution in [0.4, 0.5) is 0 Å². The average Bonchev–Trinajstić information content (AvgIpc) is 2.75. The molecular formula is C10H16ClN2O14P3. The van der Waals surface area contributed by atoms with Crippen molar-refractivity contribution in [3.63, 3.8) is 0 Å². The van der Waals surface area contributed by atoms with Crippen LogP contribution in [-0.2, 0) is 31.6 Å². The molecule has 30 heavy (non-hydrogen) atoms. The molecule has 0 amide bonds. The van der Waals surface area contributed by atoms with E-state index < -0.39 is 64.6 Å². The van der Waals surface area contributed by atoms with Gasteiger partial charge in [0, 0.05) is 12.3 Å². The molecule has 6 N–H and O–H groups in total. The van der Waals surface area contributed by atoms with Crippen LogP contribution in [0.5, 0.6) is 0 Å². The van der Waals surface area contributed by atoms with E-state index in [0.717, 1.165) is 23.8 Å². The van der Waals surface area contributed by atoms with Gasteiger partial charge in [-0.1, -0.05) is 0 Å². The number of aliphatic hydroxyl groups excluding tert-OH is 1. The van der Waals surface area contributed by atoms with Crippen LogP contribution in [0, 0.1) is 0 Å². The van der Waals surface area contributed by atoms with Crippen molar-refractivity contribution in [2.45, 2.75) is 30.2 Å². The minimum atomic E-state index is -5.73. The lowest BCUT2D eigenvalue weighted by atomic mass is 10.0. The first kappa shape index (κ1) is 25.6. The number of rotatable bonds is 8. The van der Waals surface area contributed by atoms with Crippen LogP contribution in [0.2, 0.25) is 0 Å². The molecule has 0 aliphatic carbocycles. The highest BCUT2D eigenvalue weighted by atomic mass is 35.5. The minimum Gasteiger partial charge on any atom is -0.388 e. The van der Waals surface area contributed by atoms with Crippen LogP contribution in [-0.4, -0.2) is 57.9 Å². The Labute approximate surface area is 171 Å². The van der Waals surface area contributed by atoms with Gasteiger partial charge in [-0.05, 0) is 6.92 Å². The molecular weight excluding hydrogens is 500 g/mol. The summed E-state index contributed by atoms with van der Waals surface area (Å²) in [5.41, 5.74) is -3.52. The molecule has 6 atom stereocenters. The molecule has 1 aliphatic heterocycles. The highest BCUT2D eigenvalue weighted by molar-refractivity contribution is 7.66. The number of ether oxygens (including phenoxy) is 1. The molecule has 0 saturated carbocycles. The topological polar surface area (TPSA) is 244 Å². The third kappa shape index (κ3) is 6.40. The number of nitrogens with one attached hydrogen (secondary N) is 1. The number of aromatic amines is 1. The number of H-pyrrole nitrogens is 1. The molecule has 16 nitrogen and oxygen atoms in total. The molecule has 1 saturated heterocycles. The van der Waals surface area contributed by atoms with Gasteiger partial charge in [0.25, 0.3) is 5.56 Å². The van der Waals surface area contributed by atoms with Gasteiger partial charge in [-0.15, -0.1) is 11.6 Å². The maximum absolute atomic E-state index is 11.9. The van der Waals surface area contributed by atoms with E-state index in [1.165, 1.54) is 0 Å². The predicted molar refractivity (Wildman–Crippen MR) is 95.3 cm³/mol. The van der Waals surface area contributed by atoms with Gasteiger partial charge in [0.1, 0.15) is 17.1 Å². The highest BCUT2D eigenvalue weighted by Crippen LogP contribution is 2.66. The molecule has 1 fully saturated rings. The number of aliphatic hydroxyl groups is 1. The van der Waals surface area contributed by atoms with Crippen molar-refractivity contribution in [3.05, 3.63) is 33.1 Å². The molecule has 0 spiro atoms. The van der Waals surface area contributed by atoms with Crippen LogP contribution in [0.25, 0.3) is 0 Å². The number of aromatic nitrogens is 2. The second kappa shape index (κ2) is 8.68. The van der Waals surface area contributed by atoms with Gasteiger partial charge < -0.3 is 29.4 Å². The molecule has 1 aromatic rings. The zero-order valence-corrected chi connectivity index (χ0v) is 18.1. The maximum atomic E-state index is 11.9. The molecule has 0 radical (unpaired) electrons. The molecule has 2 unspecified atom stereocenters. The molecule has 1 aliphatic rings. The normalized spacial score (nSPS) is 31.2. The van der Waals surface area contributed by atoms with Crippen molar-refractivity contribution in [2.75, 3.05) is 6.61 Å². The highest BCUT2D eigenvalue weighted by Gasteiger charge is 2.53. The van der Waals surface area contributed by atoms with Crippen LogP contribution in [0.3, 0.4) is 0 Å². The lowest BCUT2D eigenvalue weighted by Gasteiger charge is -2.28. The fourth-order valence-electron chi connectivity index (χ4n) is 2.37. The lowest BCUT2D eigenvalue weighted by molar-refractivity contribution is -0.114. The molecule has 0 aromatic carbocycles. The fraction of sp³-hybridized carbons (Fsp3) is 0.600. The summed E-state index contributed by atoms with van der Waals surface area (Å²) in [6, 6.07) is 0.975. The van der Waals surface area contributed by atoms with E-state index in [1.807, 2.05) is 4.98 Å². The molecule has 172 valence electrons. The molecule has 1 aromatic heterocycles. The number of phosphoric ester groups is 1. The minimum absolute atomic E-state index is 0.712. The molecule has 0 bridgehead atoms. The summed E-state index contributed by atoms with van der Waals surface area (Å²) >= 11 is 6.05. The van der Waals surface area contributed by atoms with E-state index in [1.54, 1.807) is 0 Å². The first-order chi connectivity index (χ1) is 13.4. The van der Waals surface area contributed by atoms with E-state index >= 15 is 0 Å². The lowest BCUT2D eigenvalue weighted by Crippen LogP contribution is -2.42. The van der Waals surface area contributed by atoms with Crippen molar-refractivity contribution in [1.29, 1.82) is 0 Å². The van der Waals surface area contributed by atoms with Crippen molar-refractivity contribution in [2.24, 2.45) is 0 Å². The van der Waals surface area contributed by atoms with E-state index in [4.69, 9.17) is 31.0 Å². The van der Waals surface area contributed by atoms with E-state index in [9.17, 15) is 33.3 Å². The summed E-state index contributed by atoms with van der Waals surface area (Å²) in [5.74, 6) is 0. The van der Waals surface area contributed by atoms with Crippen LogP contribution in [0.1, 0.15) is 13.2 Å². The van der Waals surface area contributed by atoms with Crippen molar-refractivity contribution in [1.82, 2.24) is 9.55 Å². The zero-order chi connectivity index (χ0) is 23.1. The first-order valence-electron chi connectivity index (χ1n) is 7.54. The van der Waals surface area contributed by atoms with Crippen molar-refractivity contribution >= 4 is 35.1 Å². The Morgan fingerprint density at radius 1 is 1.20 bits per heavy atom. The molecule has 2 heterocycles. The third-order valence-corrected chi connectivity index (χ3v) is 7.88. The molecule has 20 heteroatoms. The number of halogens is 1.